The van der Waals surface area contributed by atoms with Crippen LogP contribution in [0.4, 0.5) is 5.69 Å². The van der Waals surface area contributed by atoms with E-state index >= 15 is 0 Å². The highest BCUT2D eigenvalue weighted by atomic mass is 16.3. The number of fused-ring (bicyclic) bond motifs is 1. The van der Waals surface area contributed by atoms with Crippen LogP contribution in [0.5, 0.6) is 5.75 Å². The predicted octanol–water partition coefficient (Wildman–Crippen LogP) is 9.79. The maximum absolute atomic E-state index is 12.7. The van der Waals surface area contributed by atoms with Crippen molar-refractivity contribution in [2.45, 2.75) is 140 Å². The average molecular weight is 579 g/mol. The minimum absolute atomic E-state index is 0. The highest BCUT2D eigenvalue weighted by molar-refractivity contribution is 6.07. The van der Waals surface area contributed by atoms with Gasteiger partial charge in [-0.3, -0.25) is 4.79 Å². The van der Waals surface area contributed by atoms with E-state index in [0.717, 1.165) is 36.6 Å². The molecule has 2 fully saturated rings. The van der Waals surface area contributed by atoms with Crippen molar-refractivity contribution < 1.29 is 9.90 Å². The van der Waals surface area contributed by atoms with Crippen LogP contribution in [0.1, 0.15) is 145 Å². The van der Waals surface area contributed by atoms with Crippen LogP contribution in [0.3, 0.4) is 0 Å². The molecule has 1 saturated carbocycles. The van der Waals surface area contributed by atoms with Gasteiger partial charge in [0.25, 0.3) is 0 Å². The van der Waals surface area contributed by atoms with Gasteiger partial charge >= 0.3 is 0 Å². The number of benzene rings is 1. The van der Waals surface area contributed by atoms with Crippen molar-refractivity contribution in [2.24, 2.45) is 23.2 Å². The first-order valence-electron chi connectivity index (χ1n) is 16.5. The third-order valence-electron chi connectivity index (χ3n) is 10.2. The molecule has 4 nitrogen and oxygen atoms in total. The molecule has 3 atom stereocenters. The number of rotatable bonds is 7. The van der Waals surface area contributed by atoms with Crippen molar-refractivity contribution in [3.63, 3.8) is 0 Å². The fraction of sp³-hybridized carbons (Fsp3) is 0.711. The smallest absolute Gasteiger partial charge is 0.183 e. The molecule has 1 spiro atoms. The lowest BCUT2D eigenvalue weighted by atomic mass is 9.73. The first-order chi connectivity index (χ1) is 19.1. The van der Waals surface area contributed by atoms with Crippen LogP contribution in [0, 0.1) is 23.2 Å². The topological polar surface area (TPSA) is 43.8 Å². The molecule has 4 heteroatoms. The molecule has 1 N–H and O–H groups in total. The van der Waals surface area contributed by atoms with E-state index in [-0.39, 0.29) is 18.6 Å². The van der Waals surface area contributed by atoms with E-state index in [9.17, 15) is 9.90 Å². The van der Waals surface area contributed by atoms with E-state index in [1.807, 2.05) is 12.1 Å². The van der Waals surface area contributed by atoms with Gasteiger partial charge in [0, 0.05) is 71.2 Å². The van der Waals surface area contributed by atoms with Crippen LogP contribution >= 0.6 is 0 Å². The molecule has 3 unspecified atom stereocenters. The molecule has 2 aliphatic carbocycles. The first-order valence-corrected chi connectivity index (χ1v) is 16.5. The zero-order valence-corrected chi connectivity index (χ0v) is 28.4. The van der Waals surface area contributed by atoms with Crippen molar-refractivity contribution in [3.05, 3.63) is 45.7 Å². The van der Waals surface area contributed by atoms with Crippen LogP contribution < -0.4 is 4.90 Å². The molecule has 236 valence electrons. The molecule has 4 aliphatic rings. The molecule has 2 aliphatic heterocycles. The number of hydrogen-bond donors (Lipinski definition) is 1. The second-order valence-electron chi connectivity index (χ2n) is 15.0. The molecule has 2 heterocycles. The van der Waals surface area contributed by atoms with E-state index in [1.54, 1.807) is 0 Å². The van der Waals surface area contributed by atoms with Gasteiger partial charge in [-0.25, -0.2) is 0 Å². The lowest BCUT2D eigenvalue weighted by Gasteiger charge is -2.36. The van der Waals surface area contributed by atoms with E-state index < -0.39 is 0 Å². The molecule has 1 saturated heterocycles. The molecule has 0 radical (unpaired) electrons. The Morgan fingerprint density at radius 1 is 0.833 bits per heavy atom. The Hall–Kier alpha value is -2.23. The van der Waals surface area contributed by atoms with Gasteiger partial charge in [0.1, 0.15) is 5.75 Å². The number of carbonyl (C=O) groups is 1. The van der Waals surface area contributed by atoms with Crippen LogP contribution in [-0.4, -0.2) is 41.0 Å². The molecule has 1 aromatic rings. The van der Waals surface area contributed by atoms with Crippen LogP contribution in [0.15, 0.2) is 29.0 Å². The molecule has 0 amide bonds. The summed E-state index contributed by atoms with van der Waals surface area (Å²) in [6.07, 6.45) is 4.39. The summed E-state index contributed by atoms with van der Waals surface area (Å²) in [4.78, 5) is 17.6. The number of carbonyl (C=O) groups excluding carboxylic acids is 1. The fourth-order valence-electron chi connectivity index (χ4n) is 8.47. The third-order valence-corrected chi connectivity index (χ3v) is 10.2. The van der Waals surface area contributed by atoms with E-state index in [1.165, 1.54) is 34.5 Å². The highest BCUT2D eigenvalue weighted by Gasteiger charge is 2.67. The number of phenolic OH excluding ortho intramolecular Hbond substituents is 1. The van der Waals surface area contributed by atoms with Crippen LogP contribution in [0.2, 0.25) is 0 Å². The fourth-order valence-corrected chi connectivity index (χ4v) is 8.47. The zero-order valence-electron chi connectivity index (χ0n) is 28.4. The van der Waals surface area contributed by atoms with E-state index in [2.05, 4.69) is 99.8 Å². The minimum Gasteiger partial charge on any atom is -0.508 e. The molecule has 0 bridgehead atoms. The summed E-state index contributed by atoms with van der Waals surface area (Å²) >= 11 is 0. The second-order valence-corrected chi connectivity index (χ2v) is 15.0. The van der Waals surface area contributed by atoms with Crippen molar-refractivity contribution in [3.8, 4) is 5.75 Å². The van der Waals surface area contributed by atoms with Gasteiger partial charge in [0.15, 0.2) is 5.78 Å². The Morgan fingerprint density at radius 3 is 1.86 bits per heavy atom. The van der Waals surface area contributed by atoms with Crippen LogP contribution in [0.25, 0.3) is 0 Å². The summed E-state index contributed by atoms with van der Waals surface area (Å²) in [5.74, 6) is 3.70. The molecular weight excluding hydrogens is 516 g/mol. The zero-order chi connectivity index (χ0) is 30.7. The van der Waals surface area contributed by atoms with Gasteiger partial charge in [-0.2, -0.15) is 0 Å². The lowest BCUT2D eigenvalue weighted by molar-refractivity contribution is -0.112. The van der Waals surface area contributed by atoms with E-state index in [0.29, 0.717) is 47.4 Å². The number of hydrogen-bond acceptors (Lipinski definition) is 4. The Kier molecular flexibility index (Phi) is 10.1. The van der Waals surface area contributed by atoms with Gasteiger partial charge in [0.05, 0.1) is 0 Å². The van der Waals surface area contributed by atoms with Gasteiger partial charge in [0.2, 0.25) is 0 Å². The summed E-state index contributed by atoms with van der Waals surface area (Å²) < 4.78 is 0. The van der Waals surface area contributed by atoms with Crippen molar-refractivity contribution in [1.29, 1.82) is 0 Å². The van der Waals surface area contributed by atoms with Crippen molar-refractivity contribution in [1.82, 2.24) is 4.90 Å². The number of phenols is 1. The lowest BCUT2D eigenvalue weighted by Crippen LogP contribution is -2.34. The number of allylic oxidation sites excluding steroid dienone is 3. The summed E-state index contributed by atoms with van der Waals surface area (Å²) in [5, 5.41) is 10.6. The maximum Gasteiger partial charge on any atom is 0.183 e. The van der Waals surface area contributed by atoms with Gasteiger partial charge in [-0.15, -0.1) is 0 Å². The molecular formula is C38H62N2O2. The number of likely N-dealkylation sites (tertiary alicyclic amines) is 1. The average Bonchev–Trinajstić information content (AvgIpc) is 3.28. The highest BCUT2D eigenvalue weighted by Crippen LogP contribution is 2.71. The molecule has 1 aromatic carbocycles. The normalized spacial score (nSPS) is 24.5. The van der Waals surface area contributed by atoms with Crippen LogP contribution in [-0.2, 0) is 4.79 Å². The number of ketones is 1. The Balaban J connectivity index is 0.000000225. The maximum atomic E-state index is 12.7. The largest absolute Gasteiger partial charge is 0.508 e. The molecule has 42 heavy (non-hydrogen) atoms. The summed E-state index contributed by atoms with van der Waals surface area (Å²) in [7, 11) is 0. The number of piperidine rings is 1. The summed E-state index contributed by atoms with van der Waals surface area (Å²) in [6.45, 7) is 31.2. The molecule has 0 aromatic heterocycles. The van der Waals surface area contributed by atoms with Crippen molar-refractivity contribution >= 4 is 11.5 Å². The Morgan fingerprint density at radius 2 is 1.40 bits per heavy atom. The monoisotopic (exact) mass is 578 g/mol. The number of anilines is 1. The molecule has 5 rings (SSSR count). The number of aromatic hydroxyl groups is 1. The number of nitrogens with zero attached hydrogens (tertiary/aromatic N) is 2. The Bertz CT molecular complexity index is 1230. The standard InChI is InChI=1S/C19H31NO.C18H27NO.CH4/c1-8-14-10-20(13(6)7)15-9-16(21)17(11(2)3)18(12(4)5)19(14)15;1-10(2)16-14(20)7-15-18(17(16)11(3)4)8-13(18)9-19(15)12(5)6;/h9,11-14,21H,8,10H2,1-7H3;7,10-13H,8-9H2,1-6H3;1H4. The van der Waals surface area contributed by atoms with Gasteiger partial charge in [-0.05, 0) is 86.8 Å². The Labute approximate surface area is 258 Å². The second kappa shape index (κ2) is 12.4. The SMILES string of the molecule is C.CC(C)C1=C(C(C)C)C23CC2CN(C(C)C)C3=CC1=O.CCC1CN(C(C)C)c2cc(O)c(C(C)C)c(C(C)C)c21. The van der Waals surface area contributed by atoms with Gasteiger partial charge < -0.3 is 14.9 Å². The van der Waals surface area contributed by atoms with E-state index in [4.69, 9.17) is 0 Å². The predicted molar refractivity (Wildman–Crippen MR) is 181 cm³/mol. The minimum atomic E-state index is 0. The van der Waals surface area contributed by atoms with Crippen molar-refractivity contribution in [2.75, 3.05) is 18.0 Å². The third kappa shape index (κ3) is 5.45. The quantitative estimate of drug-likeness (QED) is 0.350. The first kappa shape index (κ1) is 34.3. The summed E-state index contributed by atoms with van der Waals surface area (Å²) in [5.41, 5.74) is 9.45. The summed E-state index contributed by atoms with van der Waals surface area (Å²) in [6, 6.07) is 2.99. The van der Waals surface area contributed by atoms with Gasteiger partial charge in [-0.1, -0.05) is 69.7 Å².